The highest BCUT2D eigenvalue weighted by molar-refractivity contribution is 5.99. The molecule has 3 aromatic rings. The number of carbonyl (C=O) groups is 1. The lowest BCUT2D eigenvalue weighted by Gasteiger charge is -2.04. The molecule has 0 radical (unpaired) electrons. The Bertz CT molecular complexity index is 839. The van der Waals surface area contributed by atoms with Crippen molar-refractivity contribution in [1.82, 2.24) is 19.7 Å². The van der Waals surface area contributed by atoms with Gasteiger partial charge in [-0.3, -0.25) is 9.78 Å². The van der Waals surface area contributed by atoms with Crippen LogP contribution in [0.3, 0.4) is 0 Å². The SMILES string of the molecule is CC(C)Cc1nc(C(=O)NCCCc2cccnc2)c2ccccn12. The fraction of sp³-hybridized carbons (Fsp3) is 0.350. The highest BCUT2D eigenvalue weighted by Crippen LogP contribution is 2.16. The number of hydrogen-bond donors (Lipinski definition) is 1. The first-order valence-electron chi connectivity index (χ1n) is 8.78. The number of aryl methyl sites for hydroxylation is 1. The van der Waals surface area contributed by atoms with Crippen molar-refractivity contribution in [2.24, 2.45) is 5.92 Å². The Morgan fingerprint density at radius 3 is 2.88 bits per heavy atom. The number of imidazole rings is 1. The van der Waals surface area contributed by atoms with E-state index in [-0.39, 0.29) is 5.91 Å². The van der Waals surface area contributed by atoms with Crippen LogP contribution in [0.1, 0.15) is 42.1 Å². The molecule has 1 amide bonds. The quantitative estimate of drug-likeness (QED) is 0.674. The zero-order chi connectivity index (χ0) is 17.6. The molecular weight excluding hydrogens is 312 g/mol. The Kier molecular flexibility index (Phi) is 5.43. The third-order valence-corrected chi connectivity index (χ3v) is 4.08. The van der Waals surface area contributed by atoms with Crippen LogP contribution < -0.4 is 5.32 Å². The van der Waals surface area contributed by atoms with Gasteiger partial charge in [0.25, 0.3) is 5.91 Å². The Morgan fingerprint density at radius 1 is 1.24 bits per heavy atom. The predicted octanol–water partition coefficient (Wildman–Crippen LogP) is 3.29. The first-order chi connectivity index (χ1) is 12.1. The number of fused-ring (bicyclic) bond motifs is 1. The van der Waals surface area contributed by atoms with Gasteiger partial charge in [-0.05, 0) is 42.5 Å². The van der Waals surface area contributed by atoms with Crippen LogP contribution in [0, 0.1) is 5.92 Å². The van der Waals surface area contributed by atoms with Crippen molar-refractivity contribution >= 4 is 11.4 Å². The number of hydrogen-bond acceptors (Lipinski definition) is 3. The van der Waals surface area contributed by atoms with E-state index in [2.05, 4.69) is 35.2 Å². The van der Waals surface area contributed by atoms with E-state index in [1.54, 1.807) is 6.20 Å². The molecule has 0 saturated carbocycles. The highest BCUT2D eigenvalue weighted by atomic mass is 16.1. The van der Waals surface area contributed by atoms with Gasteiger partial charge < -0.3 is 9.72 Å². The lowest BCUT2D eigenvalue weighted by Crippen LogP contribution is -2.25. The van der Waals surface area contributed by atoms with Crippen molar-refractivity contribution in [3.8, 4) is 0 Å². The minimum absolute atomic E-state index is 0.107. The van der Waals surface area contributed by atoms with Crippen LogP contribution in [0.5, 0.6) is 0 Å². The monoisotopic (exact) mass is 336 g/mol. The van der Waals surface area contributed by atoms with Gasteiger partial charge in [-0.1, -0.05) is 26.0 Å². The standard InChI is InChI=1S/C20H24N4O/c1-15(2)13-18-23-19(17-9-3-4-12-24(17)18)20(25)22-11-6-8-16-7-5-10-21-14-16/h3-5,7,9-10,12,14-15H,6,8,11,13H2,1-2H3,(H,22,25). The van der Waals surface area contributed by atoms with E-state index in [0.29, 0.717) is 18.2 Å². The minimum atomic E-state index is -0.107. The first kappa shape index (κ1) is 17.1. The van der Waals surface area contributed by atoms with E-state index in [0.717, 1.165) is 30.6 Å². The molecule has 0 atom stereocenters. The zero-order valence-electron chi connectivity index (χ0n) is 14.8. The summed E-state index contributed by atoms with van der Waals surface area (Å²) in [5, 5.41) is 2.99. The summed E-state index contributed by atoms with van der Waals surface area (Å²) in [4.78, 5) is 21.3. The lowest BCUT2D eigenvalue weighted by atomic mass is 10.1. The third-order valence-electron chi connectivity index (χ3n) is 4.08. The molecule has 0 unspecified atom stereocenters. The fourth-order valence-electron chi connectivity index (χ4n) is 2.90. The van der Waals surface area contributed by atoms with Crippen molar-refractivity contribution in [2.75, 3.05) is 6.54 Å². The van der Waals surface area contributed by atoms with Gasteiger partial charge in [-0.15, -0.1) is 0 Å². The maximum Gasteiger partial charge on any atom is 0.272 e. The van der Waals surface area contributed by atoms with Crippen molar-refractivity contribution in [1.29, 1.82) is 0 Å². The van der Waals surface area contributed by atoms with Gasteiger partial charge in [0.2, 0.25) is 0 Å². The van der Waals surface area contributed by atoms with Crippen LogP contribution in [0.15, 0.2) is 48.9 Å². The van der Waals surface area contributed by atoms with Crippen molar-refractivity contribution in [3.05, 3.63) is 66.0 Å². The third kappa shape index (κ3) is 4.24. The molecule has 3 aromatic heterocycles. The molecule has 5 nitrogen and oxygen atoms in total. The van der Waals surface area contributed by atoms with Gasteiger partial charge in [-0.25, -0.2) is 4.98 Å². The van der Waals surface area contributed by atoms with Crippen molar-refractivity contribution in [2.45, 2.75) is 33.1 Å². The molecule has 130 valence electrons. The maximum atomic E-state index is 12.6. The Labute approximate surface area is 148 Å². The van der Waals surface area contributed by atoms with Gasteiger partial charge in [0, 0.05) is 31.6 Å². The molecule has 0 aromatic carbocycles. The molecule has 0 saturated heterocycles. The van der Waals surface area contributed by atoms with E-state index in [4.69, 9.17) is 0 Å². The molecule has 3 heterocycles. The van der Waals surface area contributed by atoms with Gasteiger partial charge in [0.15, 0.2) is 5.69 Å². The average molecular weight is 336 g/mol. The summed E-state index contributed by atoms with van der Waals surface area (Å²) in [6.07, 6.45) is 8.23. The number of nitrogens with zero attached hydrogens (tertiary/aromatic N) is 3. The normalized spacial score (nSPS) is 11.2. The Hall–Kier alpha value is -2.69. The van der Waals surface area contributed by atoms with E-state index < -0.39 is 0 Å². The van der Waals surface area contributed by atoms with E-state index in [1.807, 2.05) is 41.1 Å². The van der Waals surface area contributed by atoms with E-state index in [9.17, 15) is 4.79 Å². The molecule has 5 heteroatoms. The zero-order valence-corrected chi connectivity index (χ0v) is 14.8. The second kappa shape index (κ2) is 7.92. The predicted molar refractivity (Wildman–Crippen MR) is 98.6 cm³/mol. The van der Waals surface area contributed by atoms with Crippen LogP contribution >= 0.6 is 0 Å². The number of pyridine rings is 2. The molecular formula is C20H24N4O. The molecule has 25 heavy (non-hydrogen) atoms. The van der Waals surface area contributed by atoms with Crippen LogP contribution in [-0.4, -0.2) is 26.8 Å². The topological polar surface area (TPSA) is 59.3 Å². The molecule has 0 aliphatic heterocycles. The minimum Gasteiger partial charge on any atom is -0.351 e. The smallest absolute Gasteiger partial charge is 0.272 e. The molecule has 1 N–H and O–H groups in total. The van der Waals surface area contributed by atoms with Crippen LogP contribution in [0.25, 0.3) is 5.52 Å². The highest BCUT2D eigenvalue weighted by Gasteiger charge is 2.17. The Morgan fingerprint density at radius 2 is 2.12 bits per heavy atom. The molecule has 0 aliphatic carbocycles. The molecule has 0 fully saturated rings. The summed E-state index contributed by atoms with van der Waals surface area (Å²) < 4.78 is 2.02. The maximum absolute atomic E-state index is 12.6. The van der Waals surface area contributed by atoms with E-state index in [1.165, 1.54) is 5.56 Å². The number of nitrogens with one attached hydrogen (secondary N) is 1. The number of rotatable bonds is 7. The molecule has 0 aliphatic rings. The largest absolute Gasteiger partial charge is 0.351 e. The molecule has 3 rings (SSSR count). The van der Waals surface area contributed by atoms with Crippen molar-refractivity contribution < 1.29 is 4.79 Å². The van der Waals surface area contributed by atoms with Gasteiger partial charge in [0.1, 0.15) is 5.82 Å². The summed E-state index contributed by atoms with van der Waals surface area (Å²) in [7, 11) is 0. The van der Waals surface area contributed by atoms with E-state index >= 15 is 0 Å². The van der Waals surface area contributed by atoms with Crippen LogP contribution in [-0.2, 0) is 12.8 Å². The molecule has 0 spiro atoms. The van der Waals surface area contributed by atoms with Gasteiger partial charge in [-0.2, -0.15) is 0 Å². The van der Waals surface area contributed by atoms with Gasteiger partial charge >= 0.3 is 0 Å². The Balaban J connectivity index is 1.65. The van der Waals surface area contributed by atoms with Crippen LogP contribution in [0.2, 0.25) is 0 Å². The second-order valence-electron chi connectivity index (χ2n) is 6.65. The van der Waals surface area contributed by atoms with Crippen LogP contribution in [0.4, 0.5) is 0 Å². The van der Waals surface area contributed by atoms with Crippen molar-refractivity contribution in [3.63, 3.8) is 0 Å². The lowest BCUT2D eigenvalue weighted by molar-refractivity contribution is 0.0950. The summed E-state index contributed by atoms with van der Waals surface area (Å²) in [5.41, 5.74) is 2.56. The summed E-state index contributed by atoms with van der Waals surface area (Å²) in [5.74, 6) is 1.32. The summed E-state index contributed by atoms with van der Waals surface area (Å²) in [6, 6.07) is 9.84. The number of aromatic nitrogens is 3. The molecule has 0 bridgehead atoms. The summed E-state index contributed by atoms with van der Waals surface area (Å²) in [6.45, 7) is 4.93. The summed E-state index contributed by atoms with van der Waals surface area (Å²) >= 11 is 0. The first-order valence-corrected chi connectivity index (χ1v) is 8.78. The average Bonchev–Trinajstić information content (AvgIpc) is 2.98. The fourth-order valence-corrected chi connectivity index (χ4v) is 2.90. The number of carbonyl (C=O) groups excluding carboxylic acids is 1. The van der Waals surface area contributed by atoms with Gasteiger partial charge in [0.05, 0.1) is 5.52 Å². The second-order valence-corrected chi connectivity index (χ2v) is 6.65. The number of amides is 1.